The first-order chi connectivity index (χ1) is 22.4. The summed E-state index contributed by atoms with van der Waals surface area (Å²) in [7, 11) is 0. The first kappa shape index (κ1) is 33.0. The summed E-state index contributed by atoms with van der Waals surface area (Å²) in [4.78, 5) is 52.5. The van der Waals surface area contributed by atoms with Crippen molar-refractivity contribution in [2.75, 3.05) is 19.6 Å². The quantitative estimate of drug-likeness (QED) is 0.270. The highest BCUT2D eigenvalue weighted by atomic mass is 16.4. The largest absolute Gasteiger partial charge is 0.481 e. The molecule has 4 heterocycles. The van der Waals surface area contributed by atoms with Crippen molar-refractivity contribution in [3.63, 3.8) is 0 Å². The summed E-state index contributed by atoms with van der Waals surface area (Å²) in [5.74, 6) is -0.253. The third kappa shape index (κ3) is 7.33. The summed E-state index contributed by atoms with van der Waals surface area (Å²) in [6.45, 7) is 13.1. The Kier molecular flexibility index (Phi) is 9.34. The Morgan fingerprint density at radius 1 is 1.09 bits per heavy atom. The fourth-order valence-electron chi connectivity index (χ4n) is 7.75. The van der Waals surface area contributed by atoms with E-state index in [0.717, 1.165) is 73.4 Å². The molecule has 0 amide bonds. The van der Waals surface area contributed by atoms with E-state index in [9.17, 15) is 19.5 Å². The number of carboxylic acids is 1. The van der Waals surface area contributed by atoms with Gasteiger partial charge in [0, 0.05) is 36.8 Å². The van der Waals surface area contributed by atoms with Crippen LogP contribution in [0.25, 0.3) is 11.1 Å². The lowest BCUT2D eigenvalue weighted by molar-refractivity contribution is -0.145. The Morgan fingerprint density at radius 2 is 1.85 bits per heavy atom. The molecule has 3 aromatic rings. The Bertz CT molecular complexity index is 1750. The van der Waals surface area contributed by atoms with Crippen LogP contribution in [-0.4, -0.2) is 57.1 Å². The zero-order chi connectivity index (χ0) is 33.5. The SMILES string of the molecule is Cc1cc(-c2ccc([C@@H](CCN3CC[C@@H](C(=O)O)[C@@H](C)C3)CC(=O)C3=Nc4cc5c(nc4C3)CC[C@H](C(C)(C)C)C5)cc2)c[nH]c1=O. The number of benzene rings is 1. The zero-order valence-corrected chi connectivity index (χ0v) is 28.4. The second-order valence-electron chi connectivity index (χ2n) is 15.2. The highest BCUT2D eigenvalue weighted by Crippen LogP contribution is 2.39. The molecule has 6 rings (SSSR count). The highest BCUT2D eigenvalue weighted by Gasteiger charge is 2.33. The maximum absolute atomic E-state index is 13.9. The molecule has 1 aromatic carbocycles. The number of carboxylic acid groups (broad SMARTS) is 1. The Balaban J connectivity index is 1.19. The van der Waals surface area contributed by atoms with Crippen LogP contribution in [0.4, 0.5) is 5.69 Å². The van der Waals surface area contributed by atoms with E-state index in [1.54, 1.807) is 13.1 Å². The van der Waals surface area contributed by atoms with Crippen molar-refractivity contribution in [3.05, 3.63) is 81.0 Å². The van der Waals surface area contributed by atoms with Gasteiger partial charge < -0.3 is 15.0 Å². The second-order valence-corrected chi connectivity index (χ2v) is 15.2. The number of aromatic amines is 1. The van der Waals surface area contributed by atoms with Crippen LogP contribution in [0.2, 0.25) is 0 Å². The van der Waals surface area contributed by atoms with E-state index in [-0.39, 0.29) is 34.5 Å². The summed E-state index contributed by atoms with van der Waals surface area (Å²) in [5, 5.41) is 9.58. The van der Waals surface area contributed by atoms with Crippen molar-refractivity contribution >= 4 is 23.2 Å². The minimum Gasteiger partial charge on any atom is -0.481 e. The van der Waals surface area contributed by atoms with Gasteiger partial charge in [0.15, 0.2) is 5.78 Å². The number of hydrogen-bond acceptors (Lipinski definition) is 6. The molecule has 1 fully saturated rings. The molecule has 1 saturated heterocycles. The van der Waals surface area contributed by atoms with E-state index in [4.69, 9.17) is 9.98 Å². The van der Waals surface area contributed by atoms with Crippen molar-refractivity contribution in [2.45, 2.75) is 85.5 Å². The number of piperidine rings is 1. The Hall–Kier alpha value is -3.91. The number of rotatable bonds is 9. The molecule has 8 heteroatoms. The van der Waals surface area contributed by atoms with Gasteiger partial charge in [0.1, 0.15) is 0 Å². The average Bonchev–Trinajstić information content (AvgIpc) is 3.45. The van der Waals surface area contributed by atoms with E-state index in [1.807, 2.05) is 13.0 Å². The van der Waals surface area contributed by atoms with Crippen molar-refractivity contribution in [1.82, 2.24) is 14.9 Å². The summed E-state index contributed by atoms with van der Waals surface area (Å²) in [6, 6.07) is 12.4. The molecular weight excluding hydrogens is 588 g/mol. The zero-order valence-electron chi connectivity index (χ0n) is 28.4. The summed E-state index contributed by atoms with van der Waals surface area (Å²) in [6.07, 6.45) is 7.15. The number of pyridine rings is 2. The Morgan fingerprint density at radius 3 is 2.53 bits per heavy atom. The van der Waals surface area contributed by atoms with Gasteiger partial charge in [0.05, 0.1) is 23.0 Å². The van der Waals surface area contributed by atoms with Crippen LogP contribution in [0.1, 0.15) is 87.4 Å². The number of Topliss-reactive ketones (excluding diaryl/α,β-unsaturated/α-hetero) is 1. The van der Waals surface area contributed by atoms with Gasteiger partial charge in [-0.15, -0.1) is 0 Å². The number of nitrogens with one attached hydrogen (secondary N) is 1. The van der Waals surface area contributed by atoms with Gasteiger partial charge >= 0.3 is 5.97 Å². The van der Waals surface area contributed by atoms with Crippen LogP contribution in [0.3, 0.4) is 0 Å². The number of aryl methyl sites for hydroxylation is 2. The molecule has 248 valence electrons. The van der Waals surface area contributed by atoms with Crippen LogP contribution in [0.5, 0.6) is 0 Å². The number of likely N-dealkylation sites (tertiary alicyclic amines) is 1. The average molecular weight is 637 g/mol. The molecule has 0 saturated carbocycles. The smallest absolute Gasteiger partial charge is 0.306 e. The lowest BCUT2D eigenvalue weighted by Gasteiger charge is -2.35. The van der Waals surface area contributed by atoms with E-state index in [1.165, 1.54) is 11.3 Å². The van der Waals surface area contributed by atoms with Gasteiger partial charge in [0.2, 0.25) is 0 Å². The molecular formula is C39H48N4O4. The van der Waals surface area contributed by atoms with Crippen molar-refractivity contribution in [3.8, 4) is 11.1 Å². The van der Waals surface area contributed by atoms with Crippen molar-refractivity contribution in [1.29, 1.82) is 0 Å². The first-order valence-corrected chi connectivity index (χ1v) is 17.2. The van der Waals surface area contributed by atoms with E-state index in [0.29, 0.717) is 36.5 Å². The van der Waals surface area contributed by atoms with Crippen LogP contribution in [0, 0.1) is 30.1 Å². The predicted molar refractivity (Wildman–Crippen MR) is 186 cm³/mol. The monoisotopic (exact) mass is 636 g/mol. The standard InChI is InChI=1S/C39H48N4O4/c1-23-16-29(21-40-37(23)45)26-8-6-25(7-9-26)27(12-14-43-15-13-31(38(46)47)24(2)22-43)19-36(44)35-20-34-33(42-35)18-28-17-30(39(3,4)5)10-11-32(28)41-34/h6-9,16,18,21,24,27,30-31H,10-15,17,19-20,22H2,1-5H3,(H,40,45)(H,46,47)/t24-,27-,30-,31+/m0/s1. The lowest BCUT2D eigenvalue weighted by atomic mass is 9.71. The van der Waals surface area contributed by atoms with Gasteiger partial charge in [-0.1, -0.05) is 52.0 Å². The topological polar surface area (TPSA) is 116 Å². The molecule has 0 unspecified atom stereocenters. The number of carbonyl (C=O) groups is 2. The van der Waals surface area contributed by atoms with E-state index >= 15 is 0 Å². The fraction of sp³-hybridized carbons (Fsp3) is 0.513. The number of carbonyl (C=O) groups excluding carboxylic acids is 1. The molecule has 3 aliphatic rings. The molecule has 0 radical (unpaired) electrons. The summed E-state index contributed by atoms with van der Waals surface area (Å²) < 4.78 is 0. The molecule has 0 spiro atoms. The molecule has 47 heavy (non-hydrogen) atoms. The van der Waals surface area contributed by atoms with Gasteiger partial charge in [-0.2, -0.15) is 0 Å². The van der Waals surface area contributed by atoms with Crippen molar-refractivity contribution in [2.24, 2.45) is 28.2 Å². The van der Waals surface area contributed by atoms with Gasteiger partial charge in [-0.05, 0) is 110 Å². The number of nitrogens with zero attached hydrogens (tertiary/aromatic N) is 3. The minimum absolute atomic E-state index is 0.0125. The number of fused-ring (bicyclic) bond motifs is 2. The first-order valence-electron chi connectivity index (χ1n) is 17.2. The van der Waals surface area contributed by atoms with Crippen LogP contribution in [0.15, 0.2) is 52.4 Å². The number of H-pyrrole nitrogens is 1. The van der Waals surface area contributed by atoms with Crippen LogP contribution < -0.4 is 5.56 Å². The molecule has 2 aliphatic heterocycles. The maximum Gasteiger partial charge on any atom is 0.306 e. The second kappa shape index (κ2) is 13.3. The van der Waals surface area contributed by atoms with Crippen molar-refractivity contribution < 1.29 is 14.7 Å². The van der Waals surface area contributed by atoms with Crippen LogP contribution >= 0.6 is 0 Å². The summed E-state index contributed by atoms with van der Waals surface area (Å²) in [5.41, 5.74) is 8.69. The van der Waals surface area contributed by atoms with E-state index < -0.39 is 5.97 Å². The normalized spacial score (nSPS) is 21.9. The third-order valence-corrected chi connectivity index (χ3v) is 10.9. The third-order valence-electron chi connectivity index (χ3n) is 10.9. The highest BCUT2D eigenvalue weighted by molar-refractivity contribution is 6.41. The maximum atomic E-state index is 13.9. The molecule has 0 bridgehead atoms. The number of aromatic nitrogens is 2. The number of aliphatic imine (C=N–C) groups is 1. The van der Waals surface area contributed by atoms with E-state index in [2.05, 4.69) is 61.0 Å². The summed E-state index contributed by atoms with van der Waals surface area (Å²) >= 11 is 0. The Labute approximate surface area is 277 Å². The molecule has 1 aliphatic carbocycles. The molecule has 2 N–H and O–H groups in total. The number of ketones is 1. The molecule has 4 atom stereocenters. The molecule has 8 nitrogen and oxygen atoms in total. The number of aliphatic carboxylic acids is 1. The molecule has 2 aromatic heterocycles. The van der Waals surface area contributed by atoms with Gasteiger partial charge in [-0.25, -0.2) is 4.99 Å². The lowest BCUT2D eigenvalue weighted by Crippen LogP contribution is -2.42. The van der Waals surface area contributed by atoms with Gasteiger partial charge in [-0.3, -0.25) is 19.4 Å². The minimum atomic E-state index is -0.707. The number of hydrogen-bond donors (Lipinski definition) is 2. The fourth-order valence-corrected chi connectivity index (χ4v) is 7.75. The van der Waals surface area contributed by atoms with Gasteiger partial charge in [0.25, 0.3) is 5.56 Å². The van der Waals surface area contributed by atoms with Crippen LogP contribution in [-0.2, 0) is 28.9 Å². The predicted octanol–water partition coefficient (Wildman–Crippen LogP) is 6.70.